The second-order valence-corrected chi connectivity index (χ2v) is 4.55. The molecule has 0 aliphatic heterocycles. The summed E-state index contributed by atoms with van der Waals surface area (Å²) >= 11 is 0. The lowest BCUT2D eigenvalue weighted by Crippen LogP contribution is -2.43. The third-order valence-corrected chi connectivity index (χ3v) is 2.89. The smallest absolute Gasteiger partial charge is 0.214 e. The average Bonchev–Trinajstić information content (AvgIpc) is 2.12. The quantitative estimate of drug-likeness (QED) is 0.225. The molecule has 0 aromatic carbocycles. The van der Waals surface area contributed by atoms with E-state index in [1.54, 1.807) is 0 Å². The molecular formula is C6H15N3O4S. The molecule has 0 saturated carbocycles. The maximum absolute atomic E-state index is 11.2. The van der Waals surface area contributed by atoms with Crippen LogP contribution in [-0.4, -0.2) is 45.0 Å². The van der Waals surface area contributed by atoms with E-state index in [4.69, 9.17) is 10.9 Å². The number of hydrogen-bond acceptors (Lipinski definition) is 5. The number of hydrogen-bond donors (Lipinski definition) is 3. The van der Waals surface area contributed by atoms with Crippen LogP contribution in [0.2, 0.25) is 0 Å². The van der Waals surface area contributed by atoms with Gasteiger partial charge in [-0.3, -0.25) is 0 Å². The lowest BCUT2D eigenvalue weighted by molar-refractivity contribution is 0.217. The van der Waals surface area contributed by atoms with Crippen molar-refractivity contribution in [3.63, 3.8) is 0 Å². The van der Waals surface area contributed by atoms with Crippen LogP contribution in [0.5, 0.6) is 0 Å². The molecule has 4 N–H and O–H groups in total. The van der Waals surface area contributed by atoms with Crippen molar-refractivity contribution in [1.82, 2.24) is 4.72 Å². The van der Waals surface area contributed by atoms with E-state index in [1.165, 1.54) is 14.0 Å². The molecule has 1 atom stereocenters. The third-order valence-electron chi connectivity index (χ3n) is 1.47. The first-order chi connectivity index (χ1) is 6.43. The summed E-state index contributed by atoms with van der Waals surface area (Å²) in [4.78, 5) is 0. The van der Waals surface area contributed by atoms with E-state index in [0.717, 1.165) is 0 Å². The highest BCUT2D eigenvalue weighted by Crippen LogP contribution is 1.90. The Morgan fingerprint density at radius 1 is 1.71 bits per heavy atom. The number of nitrogens with two attached hydrogens (primary N) is 1. The van der Waals surface area contributed by atoms with Gasteiger partial charge in [-0.2, -0.15) is 0 Å². The molecule has 0 fully saturated rings. The fourth-order valence-corrected chi connectivity index (χ4v) is 1.83. The van der Waals surface area contributed by atoms with Crippen LogP contribution < -0.4 is 10.5 Å². The molecule has 0 rings (SSSR count). The first kappa shape index (κ1) is 13.1. The lowest BCUT2D eigenvalue weighted by atomic mass is 10.3. The molecule has 0 saturated heterocycles. The van der Waals surface area contributed by atoms with Gasteiger partial charge in [0.2, 0.25) is 10.0 Å². The molecule has 0 aromatic heterocycles. The van der Waals surface area contributed by atoms with Gasteiger partial charge in [0.1, 0.15) is 0 Å². The van der Waals surface area contributed by atoms with Gasteiger partial charge in [0.15, 0.2) is 5.84 Å². The van der Waals surface area contributed by atoms with Crippen molar-refractivity contribution < 1.29 is 18.4 Å². The van der Waals surface area contributed by atoms with Gasteiger partial charge in [0.05, 0.1) is 18.4 Å². The van der Waals surface area contributed by atoms with Gasteiger partial charge in [0.25, 0.3) is 0 Å². The highest BCUT2D eigenvalue weighted by atomic mass is 32.2. The number of rotatable bonds is 6. The largest absolute Gasteiger partial charge is 0.409 e. The number of amidine groups is 1. The first-order valence-electron chi connectivity index (χ1n) is 3.89. The highest BCUT2D eigenvalue weighted by Gasteiger charge is 2.16. The van der Waals surface area contributed by atoms with Crippen LogP contribution in [0.4, 0.5) is 0 Å². The normalized spacial score (nSPS) is 15.4. The minimum atomic E-state index is -3.45. The molecule has 0 amide bonds. The zero-order valence-corrected chi connectivity index (χ0v) is 8.91. The maximum Gasteiger partial charge on any atom is 0.214 e. The topological polar surface area (TPSA) is 114 Å². The summed E-state index contributed by atoms with van der Waals surface area (Å²) in [5.41, 5.74) is 5.19. The van der Waals surface area contributed by atoms with Crippen LogP contribution in [0.15, 0.2) is 5.16 Å². The highest BCUT2D eigenvalue weighted by molar-refractivity contribution is 7.89. The molecule has 0 aliphatic carbocycles. The molecule has 0 bridgehead atoms. The zero-order valence-electron chi connectivity index (χ0n) is 8.10. The molecule has 0 heterocycles. The molecule has 8 heteroatoms. The SMILES string of the molecule is COCCS(=O)(=O)NC(C)C(N)=NO. The number of methoxy groups -OCH3 is 1. The molecule has 0 aliphatic rings. The average molecular weight is 225 g/mol. The van der Waals surface area contributed by atoms with E-state index < -0.39 is 16.1 Å². The zero-order chi connectivity index (χ0) is 11.2. The summed E-state index contributed by atoms with van der Waals surface area (Å²) in [6, 6.07) is -0.734. The van der Waals surface area contributed by atoms with Crippen molar-refractivity contribution in [2.45, 2.75) is 13.0 Å². The Balaban J connectivity index is 4.23. The molecule has 0 aromatic rings. The van der Waals surface area contributed by atoms with Gasteiger partial charge in [-0.15, -0.1) is 0 Å². The second kappa shape index (κ2) is 5.78. The first-order valence-corrected chi connectivity index (χ1v) is 5.54. The van der Waals surface area contributed by atoms with Gasteiger partial charge in [-0.05, 0) is 6.92 Å². The number of nitrogens with one attached hydrogen (secondary N) is 1. The van der Waals surface area contributed by atoms with Crippen LogP contribution in [0.25, 0.3) is 0 Å². The van der Waals surface area contributed by atoms with Crippen molar-refractivity contribution in [3.05, 3.63) is 0 Å². The van der Waals surface area contributed by atoms with Crippen LogP contribution >= 0.6 is 0 Å². The fraction of sp³-hybridized carbons (Fsp3) is 0.833. The summed E-state index contributed by atoms with van der Waals surface area (Å²) in [5.74, 6) is -0.349. The number of ether oxygens (including phenoxy) is 1. The molecule has 84 valence electrons. The van der Waals surface area contributed by atoms with Crippen molar-refractivity contribution in [2.24, 2.45) is 10.9 Å². The summed E-state index contributed by atoms with van der Waals surface area (Å²) < 4.78 is 29.3. The van der Waals surface area contributed by atoms with Gasteiger partial charge in [-0.25, -0.2) is 13.1 Å². The second-order valence-electron chi connectivity index (χ2n) is 2.68. The van der Waals surface area contributed by atoms with Gasteiger partial charge < -0.3 is 15.7 Å². The van der Waals surface area contributed by atoms with E-state index >= 15 is 0 Å². The fourth-order valence-electron chi connectivity index (χ4n) is 0.668. The summed E-state index contributed by atoms with van der Waals surface area (Å²) in [6.07, 6.45) is 0. The van der Waals surface area contributed by atoms with Crippen LogP contribution in [-0.2, 0) is 14.8 Å². The predicted molar refractivity (Wildman–Crippen MR) is 51.7 cm³/mol. The van der Waals surface area contributed by atoms with Crippen LogP contribution in [0, 0.1) is 0 Å². The van der Waals surface area contributed by atoms with Crippen molar-refractivity contribution >= 4 is 15.9 Å². The van der Waals surface area contributed by atoms with E-state index in [1.807, 2.05) is 0 Å². The standard InChI is InChI=1S/C6H15N3O4S/c1-5(6(7)8-10)9-14(11,12)4-3-13-2/h5,9-10H,3-4H2,1-2H3,(H2,7,8). The van der Waals surface area contributed by atoms with E-state index in [9.17, 15) is 8.42 Å². The van der Waals surface area contributed by atoms with Gasteiger partial charge in [0, 0.05) is 7.11 Å². The Morgan fingerprint density at radius 3 is 2.71 bits per heavy atom. The molecule has 0 radical (unpaired) electrons. The molecular weight excluding hydrogens is 210 g/mol. The lowest BCUT2D eigenvalue weighted by Gasteiger charge is -2.11. The molecule has 14 heavy (non-hydrogen) atoms. The van der Waals surface area contributed by atoms with Crippen molar-refractivity contribution in [2.75, 3.05) is 19.5 Å². The predicted octanol–water partition coefficient (Wildman–Crippen LogP) is -1.31. The van der Waals surface area contributed by atoms with Gasteiger partial charge in [-0.1, -0.05) is 5.16 Å². The number of nitrogens with zero attached hydrogens (tertiary/aromatic N) is 1. The van der Waals surface area contributed by atoms with Gasteiger partial charge >= 0.3 is 0 Å². The Bertz CT molecular complexity index is 287. The monoisotopic (exact) mass is 225 g/mol. The Kier molecular flexibility index (Phi) is 5.43. The van der Waals surface area contributed by atoms with Crippen molar-refractivity contribution in [3.8, 4) is 0 Å². The number of sulfonamides is 1. The summed E-state index contributed by atoms with van der Waals surface area (Å²) in [6.45, 7) is 1.57. The summed E-state index contributed by atoms with van der Waals surface area (Å²) in [5, 5.41) is 11.0. The minimum absolute atomic E-state index is 0.0955. The number of oxime groups is 1. The van der Waals surface area contributed by atoms with Crippen molar-refractivity contribution in [1.29, 1.82) is 0 Å². The van der Waals surface area contributed by atoms with E-state index in [0.29, 0.717) is 0 Å². The minimum Gasteiger partial charge on any atom is -0.409 e. The molecule has 0 spiro atoms. The third kappa shape index (κ3) is 5.00. The Labute approximate surface area is 83.0 Å². The van der Waals surface area contributed by atoms with Crippen LogP contribution in [0.1, 0.15) is 6.92 Å². The Hall–Kier alpha value is -0.860. The Morgan fingerprint density at radius 2 is 2.29 bits per heavy atom. The van der Waals surface area contributed by atoms with Crippen LogP contribution in [0.3, 0.4) is 0 Å². The summed E-state index contributed by atoms with van der Waals surface area (Å²) in [7, 11) is -2.04. The van der Waals surface area contributed by atoms with E-state index in [-0.39, 0.29) is 18.2 Å². The van der Waals surface area contributed by atoms with E-state index in [2.05, 4.69) is 14.6 Å². The maximum atomic E-state index is 11.2. The molecule has 1 unspecified atom stereocenters. The molecule has 7 nitrogen and oxygen atoms in total.